The summed E-state index contributed by atoms with van der Waals surface area (Å²) < 4.78 is 0. The van der Waals surface area contributed by atoms with Crippen molar-refractivity contribution in [3.63, 3.8) is 0 Å². The molecule has 0 aromatic heterocycles. The van der Waals surface area contributed by atoms with Gasteiger partial charge in [0.25, 0.3) is 5.69 Å². The molecule has 0 aliphatic rings. The van der Waals surface area contributed by atoms with Gasteiger partial charge in [-0.15, -0.1) is 0 Å². The smallest absolute Gasteiger partial charge is 0.292 e. The molecule has 1 aromatic carbocycles. The maximum absolute atomic E-state index is 11.4. The van der Waals surface area contributed by atoms with Gasteiger partial charge in [0.1, 0.15) is 11.6 Å². The van der Waals surface area contributed by atoms with Gasteiger partial charge >= 0.3 is 0 Å². The molecule has 1 unspecified atom stereocenters. The Bertz CT molecular complexity index is 465. The van der Waals surface area contributed by atoms with Crippen molar-refractivity contribution in [2.75, 3.05) is 5.32 Å². The van der Waals surface area contributed by atoms with Gasteiger partial charge in [-0.25, -0.2) is 0 Å². The van der Waals surface area contributed by atoms with Crippen LogP contribution < -0.4 is 5.32 Å². The number of hydrogen-bond acceptors (Lipinski definition) is 4. The zero-order chi connectivity index (χ0) is 12.1. The van der Waals surface area contributed by atoms with Crippen LogP contribution in [0.25, 0.3) is 0 Å². The molecule has 0 saturated heterocycles. The Hall–Kier alpha value is -2.42. The van der Waals surface area contributed by atoms with Gasteiger partial charge in [-0.3, -0.25) is 14.9 Å². The minimum absolute atomic E-state index is 0.0969. The fourth-order valence-electron chi connectivity index (χ4n) is 1.04. The van der Waals surface area contributed by atoms with Crippen LogP contribution >= 0.6 is 0 Å². The van der Waals surface area contributed by atoms with Crippen molar-refractivity contribution < 1.29 is 9.72 Å². The number of nitriles is 1. The molecule has 0 saturated carbocycles. The third-order valence-electron chi connectivity index (χ3n) is 1.95. The fraction of sp³-hybridized carbons (Fsp3) is 0.200. The molecule has 0 heterocycles. The predicted molar refractivity (Wildman–Crippen MR) is 56.5 cm³/mol. The molecule has 0 aliphatic carbocycles. The number of nitro groups is 1. The Morgan fingerprint density at radius 3 is 2.75 bits per heavy atom. The summed E-state index contributed by atoms with van der Waals surface area (Å²) in [6, 6.07) is 7.52. The zero-order valence-electron chi connectivity index (χ0n) is 8.51. The lowest BCUT2D eigenvalue weighted by Gasteiger charge is -2.06. The Kier molecular flexibility index (Phi) is 3.56. The van der Waals surface area contributed by atoms with Gasteiger partial charge in [0, 0.05) is 6.07 Å². The van der Waals surface area contributed by atoms with Gasteiger partial charge in [0.15, 0.2) is 0 Å². The first kappa shape index (κ1) is 11.7. The molecule has 1 rings (SSSR count). The average molecular weight is 219 g/mol. The highest BCUT2D eigenvalue weighted by Crippen LogP contribution is 2.23. The second kappa shape index (κ2) is 4.89. The summed E-state index contributed by atoms with van der Waals surface area (Å²) in [5.74, 6) is -1.41. The van der Waals surface area contributed by atoms with E-state index in [-0.39, 0.29) is 11.4 Å². The Morgan fingerprint density at radius 1 is 1.56 bits per heavy atom. The van der Waals surface area contributed by atoms with Gasteiger partial charge in [0.2, 0.25) is 5.91 Å². The summed E-state index contributed by atoms with van der Waals surface area (Å²) in [5.41, 5.74) is -0.0967. The molecule has 0 spiro atoms. The highest BCUT2D eigenvalue weighted by atomic mass is 16.6. The second-order valence-corrected chi connectivity index (χ2v) is 3.11. The number of anilines is 1. The standard InChI is InChI=1S/C10H9N3O3/c1-7(6-11)10(14)12-8-4-2-3-5-9(8)13(15)16/h2-5,7H,1H3,(H,12,14). The van der Waals surface area contributed by atoms with Crippen LogP contribution in [-0.2, 0) is 4.79 Å². The maximum Gasteiger partial charge on any atom is 0.292 e. The molecule has 82 valence electrons. The molecule has 0 radical (unpaired) electrons. The number of amides is 1. The maximum atomic E-state index is 11.4. The molecule has 1 amide bonds. The molecule has 0 bridgehead atoms. The monoisotopic (exact) mass is 219 g/mol. The van der Waals surface area contributed by atoms with E-state index in [9.17, 15) is 14.9 Å². The van der Waals surface area contributed by atoms with Gasteiger partial charge in [-0.2, -0.15) is 5.26 Å². The lowest BCUT2D eigenvalue weighted by atomic mass is 10.2. The van der Waals surface area contributed by atoms with Gasteiger partial charge < -0.3 is 5.32 Å². The molecule has 1 atom stereocenters. The molecule has 16 heavy (non-hydrogen) atoms. The predicted octanol–water partition coefficient (Wildman–Crippen LogP) is 1.69. The van der Waals surface area contributed by atoms with E-state index < -0.39 is 16.7 Å². The van der Waals surface area contributed by atoms with E-state index in [1.165, 1.54) is 25.1 Å². The zero-order valence-corrected chi connectivity index (χ0v) is 8.51. The van der Waals surface area contributed by atoms with E-state index >= 15 is 0 Å². The van der Waals surface area contributed by atoms with Crippen LogP contribution in [-0.4, -0.2) is 10.8 Å². The van der Waals surface area contributed by atoms with Crippen molar-refractivity contribution in [2.24, 2.45) is 5.92 Å². The summed E-state index contributed by atoms with van der Waals surface area (Å²) in [6.07, 6.45) is 0. The molecule has 0 aliphatic heterocycles. The number of nitrogens with zero attached hydrogens (tertiary/aromatic N) is 2. The first-order valence-corrected chi connectivity index (χ1v) is 4.50. The van der Waals surface area contributed by atoms with E-state index in [1.54, 1.807) is 12.1 Å². The Balaban J connectivity index is 2.94. The number of hydrogen-bond donors (Lipinski definition) is 1. The van der Waals surface area contributed by atoms with Gasteiger partial charge in [0.05, 0.1) is 11.0 Å². The first-order valence-electron chi connectivity index (χ1n) is 4.50. The number of para-hydroxylation sites is 2. The minimum Gasteiger partial charge on any atom is -0.319 e. The topological polar surface area (TPSA) is 96.0 Å². The number of nitrogens with one attached hydrogen (secondary N) is 1. The van der Waals surface area contributed by atoms with E-state index in [0.717, 1.165) is 0 Å². The number of nitro benzene ring substituents is 1. The van der Waals surface area contributed by atoms with Crippen LogP contribution in [0, 0.1) is 27.4 Å². The quantitative estimate of drug-likeness (QED) is 0.618. The summed E-state index contributed by atoms with van der Waals surface area (Å²) in [5, 5.41) is 21.5. The number of benzene rings is 1. The highest BCUT2D eigenvalue weighted by molar-refractivity contribution is 5.95. The molecular weight excluding hydrogens is 210 g/mol. The minimum atomic E-state index is -0.847. The summed E-state index contributed by atoms with van der Waals surface area (Å²) in [4.78, 5) is 21.4. The fourth-order valence-corrected chi connectivity index (χ4v) is 1.04. The SMILES string of the molecule is CC(C#N)C(=O)Nc1ccccc1[N+](=O)[O-]. The van der Waals surface area contributed by atoms with Crippen LogP contribution in [0.5, 0.6) is 0 Å². The Labute approximate surface area is 91.6 Å². The van der Waals surface area contributed by atoms with Crippen LogP contribution in [0.1, 0.15) is 6.92 Å². The van der Waals surface area contributed by atoms with Crippen molar-refractivity contribution in [3.05, 3.63) is 34.4 Å². The van der Waals surface area contributed by atoms with Gasteiger partial charge in [-0.1, -0.05) is 12.1 Å². The molecule has 0 fully saturated rings. The van der Waals surface area contributed by atoms with Crippen molar-refractivity contribution >= 4 is 17.3 Å². The lowest BCUT2D eigenvalue weighted by molar-refractivity contribution is -0.383. The largest absolute Gasteiger partial charge is 0.319 e. The summed E-state index contributed by atoms with van der Waals surface area (Å²) in [7, 11) is 0. The van der Waals surface area contributed by atoms with E-state index in [2.05, 4.69) is 5.32 Å². The van der Waals surface area contributed by atoms with E-state index in [0.29, 0.717) is 0 Å². The molecule has 1 N–H and O–H groups in total. The van der Waals surface area contributed by atoms with Crippen LogP contribution in [0.3, 0.4) is 0 Å². The molecule has 6 heteroatoms. The van der Waals surface area contributed by atoms with Crippen LogP contribution in [0.2, 0.25) is 0 Å². The van der Waals surface area contributed by atoms with Crippen molar-refractivity contribution in [2.45, 2.75) is 6.92 Å². The normalized spacial score (nSPS) is 11.2. The van der Waals surface area contributed by atoms with Crippen LogP contribution in [0.15, 0.2) is 24.3 Å². The molecule has 6 nitrogen and oxygen atoms in total. The van der Waals surface area contributed by atoms with Gasteiger partial charge in [-0.05, 0) is 13.0 Å². The summed E-state index contributed by atoms with van der Waals surface area (Å²) >= 11 is 0. The number of carbonyl (C=O) groups excluding carboxylic acids is 1. The van der Waals surface area contributed by atoms with E-state index in [4.69, 9.17) is 5.26 Å². The van der Waals surface area contributed by atoms with E-state index in [1.807, 2.05) is 0 Å². The molecular formula is C10H9N3O3. The average Bonchev–Trinajstić information content (AvgIpc) is 2.28. The number of rotatable bonds is 3. The lowest BCUT2D eigenvalue weighted by Crippen LogP contribution is -2.19. The second-order valence-electron chi connectivity index (χ2n) is 3.11. The third kappa shape index (κ3) is 2.54. The summed E-state index contributed by atoms with van der Waals surface area (Å²) in [6.45, 7) is 1.42. The third-order valence-corrected chi connectivity index (χ3v) is 1.95. The number of carbonyl (C=O) groups is 1. The molecule has 1 aromatic rings. The van der Waals surface area contributed by atoms with Crippen molar-refractivity contribution in [1.82, 2.24) is 0 Å². The van der Waals surface area contributed by atoms with Crippen molar-refractivity contribution in [3.8, 4) is 6.07 Å². The highest BCUT2D eigenvalue weighted by Gasteiger charge is 2.17. The first-order chi connectivity index (χ1) is 7.56. The van der Waals surface area contributed by atoms with Crippen LogP contribution in [0.4, 0.5) is 11.4 Å². The van der Waals surface area contributed by atoms with Crippen molar-refractivity contribution in [1.29, 1.82) is 5.26 Å². The Morgan fingerprint density at radius 2 is 2.19 bits per heavy atom.